The molecule has 1 aromatic carbocycles. The van der Waals surface area contributed by atoms with Gasteiger partial charge in [0.05, 0.1) is 7.11 Å². The van der Waals surface area contributed by atoms with Crippen LogP contribution in [0.1, 0.15) is 75.8 Å². The molecule has 1 heteroatoms. The molecule has 1 fully saturated rings. The van der Waals surface area contributed by atoms with Crippen molar-refractivity contribution in [1.82, 2.24) is 0 Å². The highest BCUT2D eigenvalue weighted by molar-refractivity contribution is 5.38. The van der Waals surface area contributed by atoms with Gasteiger partial charge in [0.25, 0.3) is 0 Å². The monoisotopic (exact) mass is 300 g/mol. The van der Waals surface area contributed by atoms with Crippen molar-refractivity contribution in [2.45, 2.75) is 71.1 Å². The van der Waals surface area contributed by atoms with Gasteiger partial charge >= 0.3 is 0 Å². The van der Waals surface area contributed by atoms with Crippen molar-refractivity contribution in [2.75, 3.05) is 7.11 Å². The topological polar surface area (TPSA) is 9.23 Å². The van der Waals surface area contributed by atoms with Crippen LogP contribution in [0.3, 0.4) is 0 Å². The summed E-state index contributed by atoms with van der Waals surface area (Å²) in [7, 11) is 1.78. The van der Waals surface area contributed by atoms with Crippen molar-refractivity contribution >= 4 is 0 Å². The van der Waals surface area contributed by atoms with Gasteiger partial charge in [-0.3, -0.25) is 0 Å². The third-order valence-electron chi connectivity index (χ3n) is 5.12. The van der Waals surface area contributed by atoms with Gasteiger partial charge in [0.1, 0.15) is 5.75 Å². The van der Waals surface area contributed by atoms with Crippen LogP contribution < -0.4 is 4.74 Å². The number of benzene rings is 1. The molecule has 22 heavy (non-hydrogen) atoms. The van der Waals surface area contributed by atoms with Gasteiger partial charge in [0.2, 0.25) is 0 Å². The number of hydrogen-bond donors (Lipinski definition) is 0. The van der Waals surface area contributed by atoms with E-state index in [0.29, 0.717) is 0 Å². The SMILES string of the molecule is CC=CCC[C@H]1CC[C@H](c2ccc(OC)c(CCC)c2)CC1. The highest BCUT2D eigenvalue weighted by atomic mass is 16.5. The maximum atomic E-state index is 5.51. The molecule has 0 aliphatic heterocycles. The average Bonchev–Trinajstić information content (AvgIpc) is 2.56. The lowest BCUT2D eigenvalue weighted by Crippen LogP contribution is -2.13. The maximum absolute atomic E-state index is 5.51. The Kier molecular flexibility index (Phi) is 7.02. The number of ether oxygens (including phenoxy) is 1. The second-order valence-electron chi connectivity index (χ2n) is 6.69. The molecule has 1 aliphatic rings. The minimum absolute atomic E-state index is 0.763. The van der Waals surface area contributed by atoms with Crippen molar-refractivity contribution in [3.63, 3.8) is 0 Å². The molecule has 1 aromatic rings. The van der Waals surface area contributed by atoms with E-state index in [-0.39, 0.29) is 0 Å². The van der Waals surface area contributed by atoms with Gasteiger partial charge in [0, 0.05) is 0 Å². The molecule has 0 unspecified atom stereocenters. The summed E-state index contributed by atoms with van der Waals surface area (Å²) in [5.41, 5.74) is 2.92. The van der Waals surface area contributed by atoms with Crippen LogP contribution in [0.2, 0.25) is 0 Å². The molecular weight excluding hydrogens is 268 g/mol. The van der Waals surface area contributed by atoms with Gasteiger partial charge in [-0.05, 0) is 80.9 Å². The summed E-state index contributed by atoms with van der Waals surface area (Å²) in [6.07, 6.45) is 14.9. The summed E-state index contributed by atoms with van der Waals surface area (Å²) < 4.78 is 5.51. The number of aryl methyl sites for hydroxylation is 1. The Bertz CT molecular complexity index is 467. The fourth-order valence-electron chi connectivity index (χ4n) is 3.80. The number of methoxy groups -OCH3 is 1. The first-order valence-electron chi connectivity index (χ1n) is 9.06. The van der Waals surface area contributed by atoms with Crippen LogP contribution in [0, 0.1) is 5.92 Å². The van der Waals surface area contributed by atoms with Gasteiger partial charge in [-0.1, -0.05) is 37.6 Å². The van der Waals surface area contributed by atoms with E-state index in [1.165, 1.54) is 56.1 Å². The lowest BCUT2D eigenvalue weighted by Gasteiger charge is -2.29. The van der Waals surface area contributed by atoms with Gasteiger partial charge in [-0.15, -0.1) is 0 Å². The van der Waals surface area contributed by atoms with E-state index in [1.54, 1.807) is 7.11 Å². The summed E-state index contributed by atoms with van der Waals surface area (Å²) >= 11 is 0. The average molecular weight is 300 g/mol. The van der Waals surface area contributed by atoms with Crippen molar-refractivity contribution in [2.24, 2.45) is 5.92 Å². The molecule has 0 aromatic heterocycles. The zero-order valence-electron chi connectivity index (χ0n) is 14.6. The molecule has 122 valence electrons. The molecule has 0 atom stereocenters. The van der Waals surface area contributed by atoms with Crippen LogP contribution >= 0.6 is 0 Å². The molecule has 0 amide bonds. The highest BCUT2D eigenvalue weighted by Gasteiger charge is 2.22. The highest BCUT2D eigenvalue weighted by Crippen LogP contribution is 2.38. The Balaban J connectivity index is 1.94. The van der Waals surface area contributed by atoms with E-state index in [9.17, 15) is 0 Å². The van der Waals surface area contributed by atoms with Crippen LogP contribution in [0.15, 0.2) is 30.4 Å². The second-order valence-corrected chi connectivity index (χ2v) is 6.69. The molecule has 1 aliphatic carbocycles. The first-order valence-corrected chi connectivity index (χ1v) is 9.06. The molecule has 1 saturated carbocycles. The van der Waals surface area contributed by atoms with E-state index in [1.807, 2.05) is 0 Å². The summed E-state index contributed by atoms with van der Waals surface area (Å²) in [5, 5.41) is 0. The Morgan fingerprint density at radius 1 is 1.18 bits per heavy atom. The minimum Gasteiger partial charge on any atom is -0.496 e. The first kappa shape index (κ1) is 17.1. The maximum Gasteiger partial charge on any atom is 0.122 e. The van der Waals surface area contributed by atoms with Gasteiger partial charge in [-0.2, -0.15) is 0 Å². The molecule has 0 heterocycles. The third-order valence-corrected chi connectivity index (χ3v) is 5.12. The van der Waals surface area contributed by atoms with Gasteiger partial charge in [0.15, 0.2) is 0 Å². The smallest absolute Gasteiger partial charge is 0.122 e. The summed E-state index contributed by atoms with van der Waals surface area (Å²) in [4.78, 5) is 0. The zero-order chi connectivity index (χ0) is 15.8. The predicted octanol–water partition coefficient (Wildman–Crippen LogP) is 6.28. The van der Waals surface area contributed by atoms with Crippen LogP contribution in [0.5, 0.6) is 5.75 Å². The molecule has 0 N–H and O–H groups in total. The molecule has 2 rings (SSSR count). The van der Waals surface area contributed by atoms with Crippen LogP contribution in [0.25, 0.3) is 0 Å². The van der Waals surface area contributed by atoms with Crippen LogP contribution in [-0.2, 0) is 6.42 Å². The van der Waals surface area contributed by atoms with E-state index < -0.39 is 0 Å². The fraction of sp³-hybridized carbons (Fsp3) is 0.619. The van der Waals surface area contributed by atoms with Crippen LogP contribution in [0.4, 0.5) is 0 Å². The van der Waals surface area contributed by atoms with E-state index >= 15 is 0 Å². The minimum atomic E-state index is 0.763. The summed E-state index contributed by atoms with van der Waals surface area (Å²) in [5.74, 6) is 2.77. The third kappa shape index (κ3) is 4.63. The summed E-state index contributed by atoms with van der Waals surface area (Å²) in [6, 6.07) is 6.88. The van der Waals surface area contributed by atoms with Crippen molar-refractivity contribution in [3.05, 3.63) is 41.5 Å². The lowest BCUT2D eigenvalue weighted by atomic mass is 9.77. The fourth-order valence-corrected chi connectivity index (χ4v) is 3.80. The van der Waals surface area contributed by atoms with Gasteiger partial charge < -0.3 is 4.74 Å². The Hall–Kier alpha value is -1.24. The quantitative estimate of drug-likeness (QED) is 0.539. The van der Waals surface area contributed by atoms with E-state index in [0.717, 1.165) is 24.0 Å². The van der Waals surface area contributed by atoms with Gasteiger partial charge in [-0.25, -0.2) is 0 Å². The Labute approximate surface area is 136 Å². The van der Waals surface area contributed by atoms with Crippen molar-refractivity contribution < 1.29 is 4.74 Å². The van der Waals surface area contributed by atoms with Crippen molar-refractivity contribution in [3.8, 4) is 5.75 Å². The second kappa shape index (κ2) is 9.02. The molecule has 1 nitrogen and oxygen atoms in total. The van der Waals surface area contributed by atoms with E-state index in [4.69, 9.17) is 4.74 Å². The number of rotatable bonds is 7. The summed E-state index contributed by atoms with van der Waals surface area (Å²) in [6.45, 7) is 4.36. The Morgan fingerprint density at radius 2 is 1.95 bits per heavy atom. The first-order chi connectivity index (χ1) is 10.8. The molecule has 0 spiro atoms. The Morgan fingerprint density at radius 3 is 2.59 bits per heavy atom. The molecular formula is C21H32O. The largest absolute Gasteiger partial charge is 0.496 e. The molecule has 0 radical (unpaired) electrons. The molecule has 0 saturated heterocycles. The molecule has 0 bridgehead atoms. The number of allylic oxidation sites excluding steroid dienone is 2. The van der Waals surface area contributed by atoms with E-state index in [2.05, 4.69) is 44.2 Å². The number of hydrogen-bond acceptors (Lipinski definition) is 1. The standard InChI is InChI=1S/C21H32O/c1-4-6-7-9-17-10-12-18(13-11-17)19-14-15-21(22-3)20(16-19)8-5-2/h4,6,14-18H,5,7-13H2,1-3H3/t17-,18-. The predicted molar refractivity (Wildman–Crippen MR) is 95.7 cm³/mol. The lowest BCUT2D eigenvalue weighted by molar-refractivity contribution is 0.311. The van der Waals surface area contributed by atoms with Crippen molar-refractivity contribution in [1.29, 1.82) is 0 Å². The zero-order valence-corrected chi connectivity index (χ0v) is 14.6. The van der Waals surface area contributed by atoms with Crippen LogP contribution in [-0.4, -0.2) is 7.11 Å². The normalized spacial score (nSPS) is 22.1.